The van der Waals surface area contributed by atoms with Gasteiger partial charge in [-0.05, 0) is 18.6 Å². The fourth-order valence-electron chi connectivity index (χ4n) is 1.90. The molecule has 0 unspecified atom stereocenters. The van der Waals surface area contributed by atoms with Gasteiger partial charge in [0.2, 0.25) is 0 Å². The molecular formula is C12H13FN2O2. The van der Waals surface area contributed by atoms with E-state index in [1.807, 2.05) is 6.92 Å². The number of imidazole rings is 1. The van der Waals surface area contributed by atoms with E-state index in [2.05, 4.69) is 4.98 Å². The molecule has 1 N–H and O–H groups in total. The molecule has 2 rings (SSSR count). The lowest BCUT2D eigenvalue weighted by Crippen LogP contribution is -2.09. The van der Waals surface area contributed by atoms with Crippen molar-refractivity contribution in [1.29, 1.82) is 0 Å². The highest BCUT2D eigenvalue weighted by Crippen LogP contribution is 2.20. The van der Waals surface area contributed by atoms with Gasteiger partial charge in [0.1, 0.15) is 17.8 Å². The molecule has 1 aromatic heterocycles. The van der Waals surface area contributed by atoms with Crippen LogP contribution in [0.3, 0.4) is 0 Å². The Balaban J connectivity index is 2.61. The summed E-state index contributed by atoms with van der Waals surface area (Å²) in [6, 6.07) is 4.69. The van der Waals surface area contributed by atoms with Gasteiger partial charge in [0, 0.05) is 6.54 Å². The van der Waals surface area contributed by atoms with Crippen LogP contribution in [0, 0.1) is 5.82 Å². The maximum absolute atomic E-state index is 13.5. The first-order valence-corrected chi connectivity index (χ1v) is 5.49. The minimum Gasteiger partial charge on any atom is -0.481 e. The Hall–Kier alpha value is -1.91. The van der Waals surface area contributed by atoms with E-state index in [1.165, 1.54) is 6.07 Å². The third-order valence-electron chi connectivity index (χ3n) is 2.57. The Morgan fingerprint density at radius 1 is 1.53 bits per heavy atom. The monoisotopic (exact) mass is 236 g/mol. The van der Waals surface area contributed by atoms with Crippen LogP contribution in [0.2, 0.25) is 0 Å². The van der Waals surface area contributed by atoms with Crippen LogP contribution in [0.4, 0.5) is 4.39 Å². The summed E-state index contributed by atoms with van der Waals surface area (Å²) in [5.41, 5.74) is 0.903. The van der Waals surface area contributed by atoms with Crippen molar-refractivity contribution >= 4 is 17.0 Å². The predicted molar refractivity (Wildman–Crippen MR) is 61.3 cm³/mol. The second kappa shape index (κ2) is 4.53. The molecule has 1 aromatic carbocycles. The normalized spacial score (nSPS) is 10.9. The molecule has 0 fully saturated rings. The van der Waals surface area contributed by atoms with Gasteiger partial charge >= 0.3 is 5.97 Å². The number of carboxylic acids is 1. The van der Waals surface area contributed by atoms with E-state index >= 15 is 0 Å². The molecule has 0 aliphatic rings. The van der Waals surface area contributed by atoms with Crippen molar-refractivity contribution in [3.8, 4) is 0 Å². The average molecular weight is 236 g/mol. The van der Waals surface area contributed by atoms with E-state index in [0.717, 1.165) is 6.42 Å². The number of aryl methyl sites for hydroxylation is 1. The number of benzene rings is 1. The van der Waals surface area contributed by atoms with Gasteiger partial charge in [0.15, 0.2) is 5.82 Å². The molecule has 2 aromatic rings. The molecule has 1 heterocycles. The van der Waals surface area contributed by atoms with Gasteiger partial charge in [0.25, 0.3) is 0 Å². The number of aromatic nitrogens is 2. The summed E-state index contributed by atoms with van der Waals surface area (Å²) in [7, 11) is 0. The van der Waals surface area contributed by atoms with Crippen LogP contribution in [0.1, 0.15) is 19.2 Å². The zero-order valence-electron chi connectivity index (χ0n) is 9.48. The average Bonchev–Trinajstić information content (AvgIpc) is 2.59. The third-order valence-corrected chi connectivity index (χ3v) is 2.57. The molecule has 90 valence electrons. The number of carbonyl (C=O) groups is 1. The van der Waals surface area contributed by atoms with E-state index < -0.39 is 11.8 Å². The van der Waals surface area contributed by atoms with Gasteiger partial charge in [0.05, 0.1) is 5.52 Å². The van der Waals surface area contributed by atoms with E-state index in [1.54, 1.807) is 16.7 Å². The van der Waals surface area contributed by atoms with Crippen LogP contribution < -0.4 is 0 Å². The van der Waals surface area contributed by atoms with Crippen LogP contribution in [0.25, 0.3) is 11.0 Å². The van der Waals surface area contributed by atoms with Crippen molar-refractivity contribution in [3.63, 3.8) is 0 Å². The zero-order valence-corrected chi connectivity index (χ0v) is 9.48. The number of halogens is 1. The van der Waals surface area contributed by atoms with Crippen LogP contribution in [-0.4, -0.2) is 20.6 Å². The minimum atomic E-state index is -0.960. The van der Waals surface area contributed by atoms with Crippen LogP contribution in [-0.2, 0) is 17.8 Å². The smallest absolute Gasteiger partial charge is 0.311 e. The highest BCUT2D eigenvalue weighted by Gasteiger charge is 2.15. The van der Waals surface area contributed by atoms with Gasteiger partial charge in [-0.25, -0.2) is 9.37 Å². The molecular weight excluding hydrogens is 223 g/mol. The first-order valence-electron chi connectivity index (χ1n) is 5.49. The molecule has 17 heavy (non-hydrogen) atoms. The van der Waals surface area contributed by atoms with E-state index in [0.29, 0.717) is 17.9 Å². The molecule has 0 amide bonds. The molecule has 0 spiro atoms. The first-order chi connectivity index (χ1) is 8.13. The second-order valence-corrected chi connectivity index (χ2v) is 3.86. The highest BCUT2D eigenvalue weighted by molar-refractivity contribution is 5.78. The third kappa shape index (κ3) is 2.13. The number of nitrogens with zero attached hydrogens (tertiary/aromatic N) is 2. The van der Waals surface area contributed by atoms with Gasteiger partial charge in [-0.1, -0.05) is 13.0 Å². The molecule has 4 nitrogen and oxygen atoms in total. The van der Waals surface area contributed by atoms with Gasteiger partial charge in [-0.15, -0.1) is 0 Å². The van der Waals surface area contributed by atoms with Crippen LogP contribution in [0.15, 0.2) is 18.2 Å². The SMILES string of the molecule is CCCn1c(CC(=O)O)nc2c(F)cccc21. The Labute approximate surface area is 97.7 Å². The molecule has 0 saturated heterocycles. The van der Waals surface area contributed by atoms with Gasteiger partial charge < -0.3 is 9.67 Å². The lowest BCUT2D eigenvalue weighted by molar-refractivity contribution is -0.136. The minimum absolute atomic E-state index is 0.186. The van der Waals surface area contributed by atoms with Crippen molar-refractivity contribution in [3.05, 3.63) is 29.8 Å². The van der Waals surface area contributed by atoms with Crippen molar-refractivity contribution in [2.45, 2.75) is 26.3 Å². The summed E-state index contributed by atoms with van der Waals surface area (Å²) in [5, 5.41) is 8.81. The largest absolute Gasteiger partial charge is 0.481 e. The summed E-state index contributed by atoms with van der Waals surface area (Å²) in [6.45, 7) is 2.62. The number of para-hydroxylation sites is 1. The van der Waals surface area contributed by atoms with E-state index in [9.17, 15) is 9.18 Å². The summed E-state index contributed by atoms with van der Waals surface area (Å²) < 4.78 is 15.3. The van der Waals surface area contributed by atoms with Crippen molar-refractivity contribution in [2.24, 2.45) is 0 Å². The van der Waals surface area contributed by atoms with E-state index in [4.69, 9.17) is 5.11 Å². The Morgan fingerprint density at radius 2 is 2.29 bits per heavy atom. The fourth-order valence-corrected chi connectivity index (χ4v) is 1.90. The van der Waals surface area contributed by atoms with Gasteiger partial charge in [-0.2, -0.15) is 0 Å². The number of fused-ring (bicyclic) bond motifs is 1. The highest BCUT2D eigenvalue weighted by atomic mass is 19.1. The van der Waals surface area contributed by atoms with Crippen molar-refractivity contribution in [2.75, 3.05) is 0 Å². The summed E-state index contributed by atoms with van der Waals surface area (Å²) in [4.78, 5) is 14.8. The molecule has 0 radical (unpaired) electrons. The molecule has 0 aliphatic heterocycles. The summed E-state index contributed by atoms with van der Waals surface area (Å²) in [5.74, 6) is -0.971. The topological polar surface area (TPSA) is 55.1 Å². The number of carboxylic acid groups (broad SMARTS) is 1. The van der Waals surface area contributed by atoms with Gasteiger partial charge in [-0.3, -0.25) is 4.79 Å². The van der Waals surface area contributed by atoms with E-state index in [-0.39, 0.29) is 11.9 Å². The summed E-state index contributed by atoms with van der Waals surface area (Å²) >= 11 is 0. The van der Waals surface area contributed by atoms with Crippen LogP contribution in [0.5, 0.6) is 0 Å². The Morgan fingerprint density at radius 3 is 2.94 bits per heavy atom. The molecule has 0 bridgehead atoms. The number of hydrogen-bond acceptors (Lipinski definition) is 2. The maximum atomic E-state index is 13.5. The quantitative estimate of drug-likeness (QED) is 0.885. The standard InChI is InChI=1S/C12H13FN2O2/c1-2-6-15-9-5-3-4-8(13)12(9)14-10(15)7-11(16)17/h3-5H,2,6-7H2,1H3,(H,16,17). The van der Waals surface area contributed by atoms with Crippen molar-refractivity contribution in [1.82, 2.24) is 9.55 Å². The number of hydrogen-bond donors (Lipinski definition) is 1. The molecule has 0 atom stereocenters. The molecule has 0 aliphatic carbocycles. The lowest BCUT2D eigenvalue weighted by Gasteiger charge is -2.05. The molecule has 0 saturated carbocycles. The maximum Gasteiger partial charge on any atom is 0.311 e. The predicted octanol–water partition coefficient (Wildman–Crippen LogP) is 2.21. The summed E-state index contributed by atoms with van der Waals surface area (Å²) in [6.07, 6.45) is 0.655. The zero-order chi connectivity index (χ0) is 12.4. The number of aliphatic carboxylic acids is 1. The molecule has 5 heteroatoms. The lowest BCUT2D eigenvalue weighted by atomic mass is 10.3. The van der Waals surface area contributed by atoms with Crippen LogP contribution >= 0.6 is 0 Å². The van der Waals surface area contributed by atoms with Crippen molar-refractivity contribution < 1.29 is 14.3 Å². The fraction of sp³-hybridized carbons (Fsp3) is 0.333. The Bertz CT molecular complexity index is 563. The second-order valence-electron chi connectivity index (χ2n) is 3.86. The Kier molecular flexibility index (Phi) is 3.08. The number of rotatable bonds is 4. The first kappa shape index (κ1) is 11.6.